The fraction of sp³-hybridized carbons (Fsp3) is 0.857. The Morgan fingerprint density at radius 3 is 2.86 bits per heavy atom. The van der Waals surface area contributed by atoms with Crippen molar-refractivity contribution in [3.05, 3.63) is 5.82 Å². The van der Waals surface area contributed by atoms with Gasteiger partial charge in [-0.2, -0.15) is 4.80 Å². The van der Waals surface area contributed by atoms with Gasteiger partial charge in [0.1, 0.15) is 0 Å². The molecule has 0 spiro atoms. The number of hydrogen-bond donors (Lipinski definition) is 3. The molecule has 3 unspecified atom stereocenters. The van der Waals surface area contributed by atoms with Crippen LogP contribution < -0.4 is 16.6 Å². The van der Waals surface area contributed by atoms with E-state index in [1.54, 1.807) is 7.05 Å². The predicted molar refractivity (Wildman–Crippen MR) is 49.6 cm³/mol. The van der Waals surface area contributed by atoms with Crippen molar-refractivity contribution in [3.63, 3.8) is 0 Å². The number of nitrogens with zero attached hydrogens (tertiary/aromatic N) is 4. The van der Waals surface area contributed by atoms with Gasteiger partial charge in [0.05, 0.1) is 19.3 Å². The Kier molecular flexibility index (Phi) is 2.44. The predicted octanol–water partition coefficient (Wildman–Crippen LogP) is -1.33. The minimum absolute atomic E-state index is 0.0474. The van der Waals surface area contributed by atoms with Gasteiger partial charge in [-0.3, -0.25) is 0 Å². The fourth-order valence-electron chi connectivity index (χ4n) is 1.78. The van der Waals surface area contributed by atoms with Crippen molar-refractivity contribution in [2.45, 2.75) is 25.6 Å². The maximum atomic E-state index is 5.87. The lowest BCUT2D eigenvalue weighted by Crippen LogP contribution is -2.39. The highest BCUT2D eigenvalue weighted by molar-refractivity contribution is 4.98. The SMILES string of the molecule is CCC1C(N)NNC1c1nnn(C)n1. The number of tetrazole rings is 1. The monoisotopic (exact) mass is 197 g/mol. The molecule has 2 heterocycles. The molecule has 1 aromatic heterocycles. The Morgan fingerprint density at radius 2 is 2.29 bits per heavy atom. The molecule has 7 nitrogen and oxygen atoms in total. The number of aryl methyl sites for hydroxylation is 1. The normalized spacial score (nSPS) is 32.4. The van der Waals surface area contributed by atoms with Crippen LogP contribution in [0.3, 0.4) is 0 Å². The first-order valence-corrected chi connectivity index (χ1v) is 4.73. The highest BCUT2D eigenvalue weighted by Crippen LogP contribution is 2.26. The molecule has 1 aliphatic heterocycles. The van der Waals surface area contributed by atoms with Crippen molar-refractivity contribution in [1.82, 2.24) is 31.1 Å². The van der Waals surface area contributed by atoms with Gasteiger partial charge in [0.2, 0.25) is 0 Å². The summed E-state index contributed by atoms with van der Waals surface area (Å²) in [5.41, 5.74) is 11.9. The highest BCUT2D eigenvalue weighted by atomic mass is 15.6. The second-order valence-electron chi connectivity index (χ2n) is 3.50. The molecule has 0 aromatic carbocycles. The second kappa shape index (κ2) is 3.60. The Morgan fingerprint density at radius 1 is 1.50 bits per heavy atom. The molecular formula is C7H15N7. The smallest absolute Gasteiger partial charge is 0.193 e. The maximum Gasteiger partial charge on any atom is 0.193 e. The maximum absolute atomic E-state index is 5.87. The molecule has 0 saturated carbocycles. The summed E-state index contributed by atoms with van der Waals surface area (Å²) in [5.74, 6) is 0.999. The van der Waals surface area contributed by atoms with Crippen molar-refractivity contribution in [2.75, 3.05) is 0 Å². The van der Waals surface area contributed by atoms with Crippen LogP contribution in [0.15, 0.2) is 0 Å². The minimum atomic E-state index is -0.0474. The van der Waals surface area contributed by atoms with Crippen LogP contribution in [0.1, 0.15) is 25.2 Å². The number of nitrogens with one attached hydrogen (secondary N) is 2. The summed E-state index contributed by atoms with van der Waals surface area (Å²) in [6, 6.07) is 0.0590. The summed E-state index contributed by atoms with van der Waals surface area (Å²) < 4.78 is 0. The Balaban J connectivity index is 2.18. The molecule has 3 atom stereocenters. The van der Waals surface area contributed by atoms with Gasteiger partial charge in [0, 0.05) is 5.92 Å². The largest absolute Gasteiger partial charge is 0.315 e. The summed E-state index contributed by atoms with van der Waals surface area (Å²) in [6.45, 7) is 2.10. The second-order valence-corrected chi connectivity index (χ2v) is 3.50. The van der Waals surface area contributed by atoms with Crippen LogP contribution in [0.25, 0.3) is 0 Å². The molecule has 1 saturated heterocycles. The minimum Gasteiger partial charge on any atom is -0.315 e. The van der Waals surface area contributed by atoms with Crippen LogP contribution in [0.5, 0.6) is 0 Å². The number of hydrazine groups is 1. The summed E-state index contributed by atoms with van der Waals surface area (Å²) in [5, 5.41) is 11.9. The van der Waals surface area contributed by atoms with Crippen LogP contribution in [0.4, 0.5) is 0 Å². The zero-order valence-electron chi connectivity index (χ0n) is 8.31. The van der Waals surface area contributed by atoms with E-state index in [-0.39, 0.29) is 12.2 Å². The van der Waals surface area contributed by atoms with Gasteiger partial charge in [0.15, 0.2) is 5.82 Å². The summed E-state index contributed by atoms with van der Waals surface area (Å²) in [7, 11) is 1.75. The fourth-order valence-corrected chi connectivity index (χ4v) is 1.78. The van der Waals surface area contributed by atoms with Crippen LogP contribution in [-0.4, -0.2) is 26.4 Å². The van der Waals surface area contributed by atoms with E-state index in [1.165, 1.54) is 4.80 Å². The summed E-state index contributed by atoms with van der Waals surface area (Å²) >= 11 is 0. The van der Waals surface area contributed by atoms with Gasteiger partial charge in [-0.25, -0.2) is 10.9 Å². The zero-order valence-corrected chi connectivity index (χ0v) is 8.31. The topological polar surface area (TPSA) is 93.7 Å². The van der Waals surface area contributed by atoms with Crippen molar-refractivity contribution < 1.29 is 0 Å². The van der Waals surface area contributed by atoms with Gasteiger partial charge in [0.25, 0.3) is 0 Å². The molecule has 0 amide bonds. The quantitative estimate of drug-likeness (QED) is 0.544. The number of nitrogens with two attached hydrogens (primary N) is 1. The molecule has 7 heteroatoms. The number of rotatable bonds is 2. The van der Waals surface area contributed by atoms with E-state index < -0.39 is 0 Å². The molecule has 2 rings (SSSR count). The van der Waals surface area contributed by atoms with Gasteiger partial charge < -0.3 is 5.73 Å². The van der Waals surface area contributed by atoms with Crippen LogP contribution >= 0.6 is 0 Å². The van der Waals surface area contributed by atoms with E-state index >= 15 is 0 Å². The molecular weight excluding hydrogens is 182 g/mol. The molecule has 0 aliphatic carbocycles. The third-order valence-electron chi connectivity index (χ3n) is 2.57. The van der Waals surface area contributed by atoms with Gasteiger partial charge >= 0.3 is 0 Å². The van der Waals surface area contributed by atoms with E-state index in [0.717, 1.165) is 6.42 Å². The first-order chi connectivity index (χ1) is 6.72. The van der Waals surface area contributed by atoms with Crippen molar-refractivity contribution in [2.24, 2.45) is 18.7 Å². The number of aromatic nitrogens is 4. The first kappa shape index (κ1) is 9.50. The van der Waals surface area contributed by atoms with E-state index in [9.17, 15) is 0 Å². The van der Waals surface area contributed by atoms with E-state index in [1.807, 2.05) is 0 Å². The average Bonchev–Trinajstić information content (AvgIpc) is 2.71. The van der Waals surface area contributed by atoms with Gasteiger partial charge in [-0.1, -0.05) is 6.92 Å². The van der Waals surface area contributed by atoms with Crippen LogP contribution in [0, 0.1) is 5.92 Å². The molecule has 14 heavy (non-hydrogen) atoms. The molecule has 0 radical (unpaired) electrons. The number of hydrogen-bond acceptors (Lipinski definition) is 6. The Labute approximate surface area is 82.0 Å². The molecule has 1 aliphatic rings. The Hall–Kier alpha value is -1.05. The lowest BCUT2D eigenvalue weighted by Gasteiger charge is -2.15. The highest BCUT2D eigenvalue weighted by Gasteiger charge is 2.35. The Bertz CT molecular complexity index is 309. The van der Waals surface area contributed by atoms with E-state index in [4.69, 9.17) is 5.73 Å². The van der Waals surface area contributed by atoms with E-state index in [0.29, 0.717) is 11.7 Å². The van der Waals surface area contributed by atoms with E-state index in [2.05, 4.69) is 33.2 Å². The van der Waals surface area contributed by atoms with Crippen molar-refractivity contribution in [3.8, 4) is 0 Å². The van der Waals surface area contributed by atoms with Gasteiger partial charge in [-0.15, -0.1) is 10.2 Å². The molecule has 4 N–H and O–H groups in total. The average molecular weight is 197 g/mol. The standard InChI is InChI=1S/C7H15N7/c1-3-4-5(9-10-6(4)8)7-11-13-14(2)12-7/h4-6,9-10H,3,8H2,1-2H3. The van der Waals surface area contributed by atoms with Crippen molar-refractivity contribution >= 4 is 0 Å². The summed E-state index contributed by atoms with van der Waals surface area (Å²) in [6.07, 6.45) is 0.929. The molecule has 1 fully saturated rings. The third-order valence-corrected chi connectivity index (χ3v) is 2.57. The van der Waals surface area contributed by atoms with Crippen molar-refractivity contribution in [1.29, 1.82) is 0 Å². The molecule has 0 bridgehead atoms. The van der Waals surface area contributed by atoms with Crippen LogP contribution in [0.2, 0.25) is 0 Å². The van der Waals surface area contributed by atoms with Gasteiger partial charge in [-0.05, 0) is 11.6 Å². The summed E-state index contributed by atoms with van der Waals surface area (Å²) in [4.78, 5) is 1.45. The van der Waals surface area contributed by atoms with Crippen LogP contribution in [-0.2, 0) is 7.05 Å². The zero-order chi connectivity index (χ0) is 10.1. The molecule has 78 valence electrons. The third kappa shape index (κ3) is 1.49. The lowest BCUT2D eigenvalue weighted by atomic mass is 9.96. The molecule has 1 aromatic rings. The lowest BCUT2D eigenvalue weighted by molar-refractivity contribution is 0.398. The first-order valence-electron chi connectivity index (χ1n) is 4.73.